The fraction of sp³-hybridized carbons (Fsp3) is 0.143. The predicted molar refractivity (Wildman–Crippen MR) is 73.8 cm³/mol. The minimum Gasteiger partial charge on any atom is -0.478 e. The van der Waals surface area contributed by atoms with Gasteiger partial charge in [0, 0.05) is 17.5 Å². The van der Waals surface area contributed by atoms with Crippen LogP contribution in [0.4, 0.5) is 0 Å². The molecule has 2 aromatic rings. The molecular formula is C14H13NO3S. The van der Waals surface area contributed by atoms with Crippen LogP contribution in [0, 0.1) is 0 Å². The summed E-state index contributed by atoms with van der Waals surface area (Å²) in [5.41, 5.74) is 1.64. The number of hydrogen-bond acceptors (Lipinski definition) is 3. The normalized spacial score (nSPS) is 10.1. The number of carboxylic acids is 1. The zero-order valence-corrected chi connectivity index (χ0v) is 10.9. The molecule has 98 valence electrons. The van der Waals surface area contributed by atoms with Crippen LogP contribution in [0.2, 0.25) is 0 Å². The van der Waals surface area contributed by atoms with E-state index in [1.807, 2.05) is 5.38 Å². The number of thiophene rings is 1. The molecule has 0 aliphatic rings. The Kier molecular flexibility index (Phi) is 4.30. The summed E-state index contributed by atoms with van der Waals surface area (Å²) < 4.78 is 0. The van der Waals surface area contributed by atoms with E-state index >= 15 is 0 Å². The first kappa shape index (κ1) is 13.3. The molecule has 4 nitrogen and oxygen atoms in total. The molecule has 0 saturated carbocycles. The Labute approximate surface area is 114 Å². The second-order valence-corrected chi connectivity index (χ2v) is 4.76. The van der Waals surface area contributed by atoms with Crippen molar-refractivity contribution in [2.75, 3.05) is 6.54 Å². The predicted octanol–water partition coefficient (Wildman–Crippen LogP) is 2.42. The highest BCUT2D eigenvalue weighted by atomic mass is 32.1. The van der Waals surface area contributed by atoms with Gasteiger partial charge in [0.15, 0.2) is 0 Å². The van der Waals surface area contributed by atoms with Crippen molar-refractivity contribution in [2.24, 2.45) is 0 Å². The number of nitrogens with one attached hydrogen (secondary N) is 1. The van der Waals surface area contributed by atoms with Crippen molar-refractivity contribution in [1.29, 1.82) is 0 Å². The average Bonchev–Trinajstić information content (AvgIpc) is 2.93. The van der Waals surface area contributed by atoms with Crippen LogP contribution in [-0.2, 0) is 6.42 Å². The summed E-state index contributed by atoms with van der Waals surface area (Å²) in [6.45, 7) is 0.416. The number of carbonyl (C=O) groups excluding carboxylic acids is 1. The van der Waals surface area contributed by atoms with E-state index in [2.05, 4.69) is 5.32 Å². The van der Waals surface area contributed by atoms with Gasteiger partial charge in [0.1, 0.15) is 0 Å². The van der Waals surface area contributed by atoms with E-state index in [1.165, 1.54) is 11.3 Å². The Morgan fingerprint density at radius 3 is 2.68 bits per heavy atom. The van der Waals surface area contributed by atoms with Crippen molar-refractivity contribution >= 4 is 23.2 Å². The molecule has 0 fully saturated rings. The third kappa shape index (κ3) is 3.42. The van der Waals surface area contributed by atoms with Crippen LogP contribution in [0.3, 0.4) is 0 Å². The standard InChI is InChI=1S/C14H13NO3S/c16-13(11-6-8-19-9-11)15-7-5-10-3-1-2-4-12(10)14(17)18/h1-4,6,8-9H,5,7H2,(H,15,16)(H,17,18). The number of aromatic carboxylic acids is 1. The third-order valence-electron chi connectivity index (χ3n) is 2.71. The second-order valence-electron chi connectivity index (χ2n) is 3.98. The lowest BCUT2D eigenvalue weighted by Crippen LogP contribution is -2.25. The van der Waals surface area contributed by atoms with Gasteiger partial charge in [-0.25, -0.2) is 4.79 Å². The first-order chi connectivity index (χ1) is 9.18. The molecule has 2 rings (SSSR count). The minimum absolute atomic E-state index is 0.131. The molecule has 0 atom stereocenters. The summed E-state index contributed by atoms with van der Waals surface area (Å²) >= 11 is 1.47. The summed E-state index contributed by atoms with van der Waals surface area (Å²) in [6.07, 6.45) is 0.498. The number of hydrogen-bond donors (Lipinski definition) is 2. The Hall–Kier alpha value is -2.14. The molecule has 0 aliphatic carbocycles. The molecule has 0 unspecified atom stereocenters. The lowest BCUT2D eigenvalue weighted by Gasteiger charge is -2.07. The smallest absolute Gasteiger partial charge is 0.335 e. The highest BCUT2D eigenvalue weighted by Gasteiger charge is 2.09. The monoisotopic (exact) mass is 275 g/mol. The molecule has 5 heteroatoms. The van der Waals surface area contributed by atoms with Crippen molar-refractivity contribution in [1.82, 2.24) is 5.32 Å². The summed E-state index contributed by atoms with van der Waals surface area (Å²) in [5, 5.41) is 15.4. The van der Waals surface area contributed by atoms with Gasteiger partial charge in [-0.3, -0.25) is 4.79 Å². The lowest BCUT2D eigenvalue weighted by atomic mass is 10.0. The lowest BCUT2D eigenvalue weighted by molar-refractivity contribution is 0.0695. The number of rotatable bonds is 5. The highest BCUT2D eigenvalue weighted by Crippen LogP contribution is 2.09. The fourth-order valence-corrected chi connectivity index (χ4v) is 2.39. The zero-order chi connectivity index (χ0) is 13.7. The van der Waals surface area contributed by atoms with E-state index in [0.717, 1.165) is 5.56 Å². The van der Waals surface area contributed by atoms with Gasteiger partial charge in [0.05, 0.1) is 5.56 Å². The molecule has 0 saturated heterocycles. The van der Waals surface area contributed by atoms with Gasteiger partial charge in [0.2, 0.25) is 0 Å². The van der Waals surface area contributed by atoms with Crippen LogP contribution in [0.15, 0.2) is 41.1 Å². The third-order valence-corrected chi connectivity index (χ3v) is 3.39. The van der Waals surface area contributed by atoms with Crippen LogP contribution in [0.25, 0.3) is 0 Å². The van der Waals surface area contributed by atoms with Crippen LogP contribution in [0.1, 0.15) is 26.3 Å². The molecule has 0 aliphatic heterocycles. The van der Waals surface area contributed by atoms with Gasteiger partial charge < -0.3 is 10.4 Å². The van der Waals surface area contributed by atoms with Gasteiger partial charge in [-0.15, -0.1) is 0 Å². The Morgan fingerprint density at radius 2 is 2.00 bits per heavy atom. The summed E-state index contributed by atoms with van der Waals surface area (Å²) in [6, 6.07) is 8.57. The molecule has 1 heterocycles. The molecule has 1 amide bonds. The fourth-order valence-electron chi connectivity index (χ4n) is 1.75. The molecule has 0 bridgehead atoms. The van der Waals surface area contributed by atoms with Gasteiger partial charge in [-0.2, -0.15) is 11.3 Å². The van der Waals surface area contributed by atoms with E-state index in [9.17, 15) is 9.59 Å². The van der Waals surface area contributed by atoms with Crippen molar-refractivity contribution in [3.8, 4) is 0 Å². The van der Waals surface area contributed by atoms with E-state index in [4.69, 9.17) is 5.11 Å². The molecular weight excluding hydrogens is 262 g/mol. The minimum atomic E-state index is -0.945. The number of amides is 1. The largest absolute Gasteiger partial charge is 0.478 e. The van der Waals surface area contributed by atoms with Crippen molar-refractivity contribution in [3.63, 3.8) is 0 Å². The number of carboxylic acid groups (broad SMARTS) is 1. The summed E-state index contributed by atoms with van der Waals surface area (Å²) in [7, 11) is 0. The number of benzene rings is 1. The van der Waals surface area contributed by atoms with Crippen molar-refractivity contribution in [2.45, 2.75) is 6.42 Å². The Bertz CT molecular complexity index is 578. The van der Waals surface area contributed by atoms with E-state index in [1.54, 1.807) is 35.7 Å². The van der Waals surface area contributed by atoms with E-state index < -0.39 is 5.97 Å². The first-order valence-corrected chi connectivity index (χ1v) is 6.74. The second kappa shape index (κ2) is 6.15. The average molecular weight is 275 g/mol. The molecule has 1 aromatic heterocycles. The number of carbonyl (C=O) groups is 2. The van der Waals surface area contributed by atoms with E-state index in [-0.39, 0.29) is 11.5 Å². The Balaban J connectivity index is 1.93. The van der Waals surface area contributed by atoms with Crippen molar-refractivity contribution in [3.05, 3.63) is 57.8 Å². The summed E-state index contributed by atoms with van der Waals surface area (Å²) in [4.78, 5) is 22.7. The molecule has 2 N–H and O–H groups in total. The Morgan fingerprint density at radius 1 is 1.21 bits per heavy atom. The zero-order valence-electron chi connectivity index (χ0n) is 10.1. The maximum absolute atomic E-state index is 11.7. The maximum atomic E-state index is 11.7. The molecule has 0 spiro atoms. The topological polar surface area (TPSA) is 66.4 Å². The van der Waals surface area contributed by atoms with E-state index in [0.29, 0.717) is 18.5 Å². The van der Waals surface area contributed by atoms with Crippen molar-refractivity contribution < 1.29 is 14.7 Å². The quantitative estimate of drug-likeness (QED) is 0.880. The summed E-state index contributed by atoms with van der Waals surface area (Å²) in [5.74, 6) is -1.08. The maximum Gasteiger partial charge on any atom is 0.335 e. The molecule has 19 heavy (non-hydrogen) atoms. The van der Waals surface area contributed by atoms with Crippen LogP contribution < -0.4 is 5.32 Å². The van der Waals surface area contributed by atoms with Gasteiger partial charge in [-0.05, 0) is 29.5 Å². The SMILES string of the molecule is O=C(NCCc1ccccc1C(=O)O)c1ccsc1. The molecule has 1 aromatic carbocycles. The van der Waals surface area contributed by atoms with Gasteiger partial charge >= 0.3 is 5.97 Å². The first-order valence-electron chi connectivity index (χ1n) is 5.80. The van der Waals surface area contributed by atoms with Crippen LogP contribution in [0.5, 0.6) is 0 Å². The molecule has 0 radical (unpaired) electrons. The van der Waals surface area contributed by atoms with Gasteiger partial charge in [-0.1, -0.05) is 18.2 Å². The highest BCUT2D eigenvalue weighted by molar-refractivity contribution is 7.08. The van der Waals surface area contributed by atoms with Crippen LogP contribution >= 0.6 is 11.3 Å². The van der Waals surface area contributed by atoms with Crippen LogP contribution in [-0.4, -0.2) is 23.5 Å². The van der Waals surface area contributed by atoms with Gasteiger partial charge in [0.25, 0.3) is 5.91 Å².